The maximum atomic E-state index is 13.7. The molecule has 0 spiro atoms. The number of rotatable bonds is 6. The summed E-state index contributed by atoms with van der Waals surface area (Å²) in [6, 6.07) is 4.14. The smallest absolute Gasteiger partial charge is 0.254 e. The monoisotopic (exact) mass is 304 g/mol. The lowest BCUT2D eigenvalue weighted by atomic mass is 9.94. The van der Waals surface area contributed by atoms with E-state index in [2.05, 4.69) is 5.32 Å². The summed E-state index contributed by atoms with van der Waals surface area (Å²) in [4.78, 5) is 11.9. The fourth-order valence-electron chi connectivity index (χ4n) is 1.66. The molecule has 0 aliphatic heterocycles. The molecule has 1 rings (SSSR count). The number of amides is 1. The summed E-state index contributed by atoms with van der Waals surface area (Å²) < 4.78 is 18.6. The van der Waals surface area contributed by atoms with Crippen LogP contribution in [0.15, 0.2) is 18.2 Å². The van der Waals surface area contributed by atoms with Gasteiger partial charge in [0.2, 0.25) is 0 Å². The molecule has 0 bridgehead atoms. The van der Waals surface area contributed by atoms with E-state index in [9.17, 15) is 9.18 Å². The normalized spacial score (nSPS) is 10.7. The molecule has 1 aromatic carbocycles. The zero-order chi connectivity index (χ0) is 14.5. The van der Waals surface area contributed by atoms with Gasteiger partial charge in [0.05, 0.1) is 12.7 Å². The highest BCUT2D eigenvalue weighted by molar-refractivity contribution is 5.94. The second-order valence-corrected chi connectivity index (χ2v) is 4.60. The van der Waals surface area contributed by atoms with Crippen LogP contribution in [0.2, 0.25) is 0 Å². The van der Waals surface area contributed by atoms with Crippen LogP contribution in [0.1, 0.15) is 37.0 Å². The average Bonchev–Trinajstić information content (AvgIpc) is 2.44. The van der Waals surface area contributed by atoms with Gasteiger partial charge < -0.3 is 15.8 Å². The minimum atomic E-state index is -0.604. The van der Waals surface area contributed by atoms with E-state index in [0.717, 1.165) is 12.8 Å². The van der Waals surface area contributed by atoms with Gasteiger partial charge in [-0.1, -0.05) is 13.8 Å². The van der Waals surface area contributed by atoms with Gasteiger partial charge in [-0.2, -0.15) is 0 Å². The number of hydrogen-bond donors (Lipinski definition) is 2. The Hall–Kier alpha value is -1.33. The van der Waals surface area contributed by atoms with Gasteiger partial charge in [-0.15, -0.1) is 12.4 Å². The van der Waals surface area contributed by atoms with Gasteiger partial charge in [0.25, 0.3) is 5.91 Å². The molecule has 0 saturated carbocycles. The molecular formula is C14H22ClFN2O2. The lowest BCUT2D eigenvalue weighted by Crippen LogP contribution is -2.49. The van der Waals surface area contributed by atoms with E-state index < -0.39 is 17.3 Å². The van der Waals surface area contributed by atoms with Gasteiger partial charge in [-0.25, -0.2) is 4.39 Å². The van der Waals surface area contributed by atoms with Crippen LogP contribution in [0.5, 0.6) is 5.75 Å². The highest BCUT2D eigenvalue weighted by Crippen LogP contribution is 2.16. The molecule has 0 aromatic heterocycles. The van der Waals surface area contributed by atoms with Crippen LogP contribution in [0.25, 0.3) is 0 Å². The van der Waals surface area contributed by atoms with Crippen LogP contribution >= 0.6 is 12.4 Å². The fraction of sp³-hybridized carbons (Fsp3) is 0.500. The van der Waals surface area contributed by atoms with Gasteiger partial charge in [-0.05, 0) is 25.0 Å². The number of nitrogens with one attached hydrogen (secondary N) is 1. The zero-order valence-electron chi connectivity index (χ0n) is 12.0. The van der Waals surface area contributed by atoms with Crippen LogP contribution in [0, 0.1) is 5.82 Å². The van der Waals surface area contributed by atoms with Crippen molar-refractivity contribution in [3.05, 3.63) is 29.6 Å². The summed E-state index contributed by atoms with van der Waals surface area (Å²) in [7, 11) is 1.44. The van der Waals surface area contributed by atoms with Gasteiger partial charge in [0.15, 0.2) is 0 Å². The number of methoxy groups -OCH3 is 1. The molecule has 114 valence electrons. The van der Waals surface area contributed by atoms with Crippen LogP contribution in [0.4, 0.5) is 4.39 Å². The summed E-state index contributed by atoms with van der Waals surface area (Å²) >= 11 is 0. The van der Waals surface area contributed by atoms with E-state index in [0.29, 0.717) is 12.3 Å². The van der Waals surface area contributed by atoms with Crippen LogP contribution < -0.4 is 15.8 Å². The Morgan fingerprint density at radius 2 is 2.00 bits per heavy atom. The second-order valence-electron chi connectivity index (χ2n) is 4.60. The maximum Gasteiger partial charge on any atom is 0.254 e. The lowest BCUT2D eigenvalue weighted by molar-refractivity contribution is 0.0938. The molecule has 1 aromatic rings. The number of ether oxygens (including phenoxy) is 1. The van der Waals surface area contributed by atoms with Crippen molar-refractivity contribution < 1.29 is 13.9 Å². The highest BCUT2D eigenvalue weighted by Gasteiger charge is 2.22. The summed E-state index contributed by atoms with van der Waals surface area (Å²) in [6.07, 6.45) is 1.49. The first-order valence-corrected chi connectivity index (χ1v) is 6.36. The van der Waals surface area contributed by atoms with Crippen molar-refractivity contribution in [1.82, 2.24) is 5.32 Å². The molecule has 0 radical (unpaired) electrons. The topological polar surface area (TPSA) is 64.3 Å². The molecule has 0 aliphatic rings. The number of carbonyl (C=O) groups is 1. The van der Waals surface area contributed by atoms with E-state index >= 15 is 0 Å². The Morgan fingerprint density at radius 3 is 2.45 bits per heavy atom. The summed E-state index contributed by atoms with van der Waals surface area (Å²) in [5, 5.41) is 2.67. The minimum Gasteiger partial charge on any atom is -0.497 e. The van der Waals surface area contributed by atoms with Crippen LogP contribution in [0.3, 0.4) is 0 Å². The number of halogens is 2. The first-order valence-electron chi connectivity index (χ1n) is 6.36. The van der Waals surface area contributed by atoms with E-state index in [1.807, 2.05) is 13.8 Å². The predicted octanol–water partition coefficient (Wildman–Crippen LogP) is 2.50. The third-order valence-electron chi connectivity index (χ3n) is 3.43. The molecule has 20 heavy (non-hydrogen) atoms. The Bertz CT molecular complexity index is 451. The first-order chi connectivity index (χ1) is 8.95. The molecule has 0 atom stereocenters. The number of carbonyl (C=O) groups excluding carboxylic acids is 1. The molecule has 1 amide bonds. The Balaban J connectivity index is 0.00000361. The Labute approximate surface area is 125 Å². The SMILES string of the molecule is CCC(N)(CC)CNC(=O)c1ccc(OC)cc1F.Cl. The molecule has 4 nitrogen and oxygen atoms in total. The minimum absolute atomic E-state index is 0. The average molecular weight is 305 g/mol. The van der Waals surface area contributed by atoms with Crippen molar-refractivity contribution in [2.45, 2.75) is 32.2 Å². The van der Waals surface area contributed by atoms with Crippen molar-refractivity contribution in [3.8, 4) is 5.75 Å². The fourth-order valence-corrected chi connectivity index (χ4v) is 1.66. The van der Waals surface area contributed by atoms with Crippen molar-refractivity contribution >= 4 is 18.3 Å². The summed E-state index contributed by atoms with van der Waals surface area (Å²) in [6.45, 7) is 4.25. The molecule has 0 saturated heterocycles. The van der Waals surface area contributed by atoms with E-state index in [4.69, 9.17) is 10.5 Å². The highest BCUT2D eigenvalue weighted by atomic mass is 35.5. The summed E-state index contributed by atoms with van der Waals surface area (Å²) in [5.41, 5.74) is 5.63. The van der Waals surface area contributed by atoms with Crippen molar-refractivity contribution in [1.29, 1.82) is 0 Å². The van der Waals surface area contributed by atoms with Gasteiger partial charge >= 0.3 is 0 Å². The summed E-state index contributed by atoms with van der Waals surface area (Å²) in [5.74, 6) is -0.686. The quantitative estimate of drug-likeness (QED) is 0.848. The molecule has 6 heteroatoms. The van der Waals surface area contributed by atoms with Gasteiger partial charge in [0, 0.05) is 18.2 Å². The molecule has 0 aliphatic carbocycles. The zero-order valence-corrected chi connectivity index (χ0v) is 12.8. The first kappa shape index (κ1) is 18.7. The number of benzene rings is 1. The second kappa shape index (κ2) is 8.07. The number of hydrogen-bond acceptors (Lipinski definition) is 3. The van der Waals surface area contributed by atoms with Crippen molar-refractivity contribution in [3.63, 3.8) is 0 Å². The van der Waals surface area contributed by atoms with E-state index in [1.54, 1.807) is 6.07 Å². The molecule has 0 unspecified atom stereocenters. The van der Waals surface area contributed by atoms with E-state index in [1.165, 1.54) is 19.2 Å². The largest absolute Gasteiger partial charge is 0.497 e. The van der Waals surface area contributed by atoms with E-state index in [-0.39, 0.29) is 18.0 Å². The Kier molecular flexibility index (Phi) is 7.53. The van der Waals surface area contributed by atoms with Crippen molar-refractivity contribution in [2.75, 3.05) is 13.7 Å². The predicted molar refractivity (Wildman–Crippen MR) is 80.0 cm³/mol. The third-order valence-corrected chi connectivity index (χ3v) is 3.43. The molecular weight excluding hydrogens is 283 g/mol. The molecule has 0 fully saturated rings. The standard InChI is InChI=1S/C14H21FN2O2.ClH/c1-4-14(16,5-2)9-17-13(18)11-7-6-10(19-3)8-12(11)15;/h6-8H,4-5,9,16H2,1-3H3,(H,17,18);1H. The third kappa shape index (κ3) is 4.65. The van der Waals surface area contributed by atoms with Gasteiger partial charge in [0.1, 0.15) is 11.6 Å². The lowest BCUT2D eigenvalue weighted by Gasteiger charge is -2.26. The maximum absolute atomic E-state index is 13.7. The number of nitrogens with two attached hydrogens (primary N) is 1. The van der Waals surface area contributed by atoms with Crippen LogP contribution in [-0.4, -0.2) is 25.1 Å². The molecule has 0 heterocycles. The van der Waals surface area contributed by atoms with Gasteiger partial charge in [-0.3, -0.25) is 4.79 Å². The van der Waals surface area contributed by atoms with Crippen LogP contribution in [-0.2, 0) is 0 Å². The Morgan fingerprint density at radius 1 is 1.40 bits per heavy atom. The molecule has 3 N–H and O–H groups in total. The van der Waals surface area contributed by atoms with Crippen molar-refractivity contribution in [2.24, 2.45) is 5.73 Å².